The number of hydrogen-bond donors (Lipinski definition) is 1. The van der Waals surface area contributed by atoms with E-state index in [0.717, 1.165) is 16.9 Å². The molecule has 1 aliphatic rings. The summed E-state index contributed by atoms with van der Waals surface area (Å²) < 4.78 is 17.0. The first-order valence-electron chi connectivity index (χ1n) is 12.3. The summed E-state index contributed by atoms with van der Waals surface area (Å²) in [5.74, 6) is 0.231. The number of nitrogens with zero attached hydrogens (tertiary/aromatic N) is 1. The zero-order chi connectivity index (χ0) is 27.1. The molecule has 4 amide bonds. The zero-order valence-corrected chi connectivity index (χ0v) is 21.7. The van der Waals surface area contributed by atoms with Crippen LogP contribution in [-0.2, 0) is 22.7 Å². The van der Waals surface area contributed by atoms with E-state index < -0.39 is 17.8 Å². The van der Waals surface area contributed by atoms with E-state index in [0.29, 0.717) is 41.6 Å². The minimum absolute atomic E-state index is 0.0423. The fraction of sp³-hybridized carbons (Fsp3) is 0.233. The average molecular weight is 515 g/mol. The van der Waals surface area contributed by atoms with Gasteiger partial charge in [-0.3, -0.25) is 19.8 Å². The van der Waals surface area contributed by atoms with Crippen molar-refractivity contribution in [2.75, 3.05) is 13.7 Å². The minimum atomic E-state index is -0.780. The molecule has 1 aliphatic heterocycles. The molecule has 3 aromatic rings. The van der Waals surface area contributed by atoms with Crippen LogP contribution in [0.15, 0.2) is 72.3 Å². The molecular formula is C30H30N2O6. The molecular weight excluding hydrogens is 484 g/mol. The third-order valence-corrected chi connectivity index (χ3v) is 5.91. The van der Waals surface area contributed by atoms with E-state index in [2.05, 4.69) is 5.32 Å². The van der Waals surface area contributed by atoms with Crippen LogP contribution in [0.2, 0.25) is 0 Å². The molecule has 8 nitrogen and oxygen atoms in total. The Bertz CT molecular complexity index is 1360. The lowest BCUT2D eigenvalue weighted by molar-refractivity contribution is -0.130. The summed E-state index contributed by atoms with van der Waals surface area (Å²) in [6, 6.07) is 19.5. The standard InChI is InChI=1S/C30H30N2O6/c1-4-14-37-26-13-12-23(17-27(26)36-3)18-32-29(34)25(28(33)31-30(32)35)16-22-6-5-7-24(15-22)38-19-21-10-8-20(2)9-11-21/h5-13,15-17H,4,14,18-19H2,1-3H3,(H,31,33,35)/b25-16-. The number of urea groups is 1. The second kappa shape index (κ2) is 12.1. The van der Waals surface area contributed by atoms with Crippen LogP contribution >= 0.6 is 0 Å². The van der Waals surface area contributed by atoms with Crippen molar-refractivity contribution >= 4 is 23.9 Å². The molecule has 1 fully saturated rings. The Balaban J connectivity index is 1.50. The van der Waals surface area contributed by atoms with Crippen LogP contribution in [0.1, 0.15) is 35.6 Å². The van der Waals surface area contributed by atoms with Gasteiger partial charge < -0.3 is 14.2 Å². The van der Waals surface area contributed by atoms with Crippen molar-refractivity contribution in [3.8, 4) is 17.2 Å². The van der Waals surface area contributed by atoms with Crippen LogP contribution in [0.5, 0.6) is 17.2 Å². The maximum atomic E-state index is 13.2. The van der Waals surface area contributed by atoms with Crippen molar-refractivity contribution in [2.24, 2.45) is 0 Å². The first-order valence-corrected chi connectivity index (χ1v) is 12.3. The van der Waals surface area contributed by atoms with Crippen molar-refractivity contribution < 1.29 is 28.6 Å². The second-order valence-corrected chi connectivity index (χ2v) is 8.89. The van der Waals surface area contributed by atoms with Crippen LogP contribution in [0.4, 0.5) is 4.79 Å². The van der Waals surface area contributed by atoms with Gasteiger partial charge in [0.25, 0.3) is 11.8 Å². The number of carbonyl (C=O) groups is 3. The monoisotopic (exact) mass is 514 g/mol. The van der Waals surface area contributed by atoms with Crippen molar-refractivity contribution in [2.45, 2.75) is 33.4 Å². The van der Waals surface area contributed by atoms with Crippen LogP contribution in [0.25, 0.3) is 6.08 Å². The van der Waals surface area contributed by atoms with Crippen molar-refractivity contribution in [3.63, 3.8) is 0 Å². The van der Waals surface area contributed by atoms with E-state index in [-0.39, 0.29) is 12.1 Å². The maximum absolute atomic E-state index is 13.2. The molecule has 1 saturated heterocycles. The molecule has 4 rings (SSSR count). The molecule has 1 heterocycles. The van der Waals surface area contributed by atoms with E-state index in [4.69, 9.17) is 14.2 Å². The molecule has 38 heavy (non-hydrogen) atoms. The molecule has 3 aromatic carbocycles. The largest absolute Gasteiger partial charge is 0.493 e. The minimum Gasteiger partial charge on any atom is -0.493 e. The lowest BCUT2D eigenvalue weighted by Gasteiger charge is -2.26. The lowest BCUT2D eigenvalue weighted by Crippen LogP contribution is -2.53. The Morgan fingerprint density at radius 3 is 2.39 bits per heavy atom. The summed E-state index contributed by atoms with van der Waals surface area (Å²) in [6.45, 7) is 4.90. The van der Waals surface area contributed by atoms with Gasteiger partial charge in [0.1, 0.15) is 17.9 Å². The van der Waals surface area contributed by atoms with E-state index in [1.54, 1.807) is 42.5 Å². The molecule has 0 unspecified atom stereocenters. The van der Waals surface area contributed by atoms with Gasteiger partial charge >= 0.3 is 6.03 Å². The van der Waals surface area contributed by atoms with E-state index >= 15 is 0 Å². The first-order chi connectivity index (χ1) is 18.4. The number of hydrogen-bond acceptors (Lipinski definition) is 6. The van der Waals surface area contributed by atoms with Gasteiger partial charge in [-0.15, -0.1) is 0 Å². The summed E-state index contributed by atoms with van der Waals surface area (Å²) >= 11 is 0. The lowest BCUT2D eigenvalue weighted by atomic mass is 10.1. The normalized spacial score (nSPS) is 14.4. The Hall–Kier alpha value is -4.59. The number of carbonyl (C=O) groups excluding carboxylic acids is 3. The Labute approximate surface area is 221 Å². The predicted molar refractivity (Wildman–Crippen MR) is 143 cm³/mol. The number of rotatable bonds is 10. The summed E-state index contributed by atoms with van der Waals surface area (Å²) in [4.78, 5) is 39.3. The Morgan fingerprint density at radius 1 is 0.895 bits per heavy atom. The van der Waals surface area contributed by atoms with Crippen molar-refractivity contribution in [1.82, 2.24) is 10.2 Å². The number of nitrogens with one attached hydrogen (secondary N) is 1. The maximum Gasteiger partial charge on any atom is 0.331 e. The van der Waals surface area contributed by atoms with Gasteiger partial charge in [-0.2, -0.15) is 0 Å². The number of amides is 4. The van der Waals surface area contributed by atoms with Gasteiger partial charge in [-0.1, -0.05) is 55.0 Å². The summed E-state index contributed by atoms with van der Waals surface area (Å²) in [5, 5.41) is 2.26. The summed E-state index contributed by atoms with van der Waals surface area (Å²) in [6.07, 6.45) is 2.30. The van der Waals surface area contributed by atoms with Gasteiger partial charge in [0.2, 0.25) is 0 Å². The highest BCUT2D eigenvalue weighted by Gasteiger charge is 2.35. The van der Waals surface area contributed by atoms with Crippen molar-refractivity contribution in [3.05, 3.63) is 94.6 Å². The van der Waals surface area contributed by atoms with Crippen LogP contribution in [0, 0.1) is 6.92 Å². The van der Waals surface area contributed by atoms with E-state index in [9.17, 15) is 14.4 Å². The molecule has 0 atom stereocenters. The quantitative estimate of drug-likeness (QED) is 0.301. The zero-order valence-electron chi connectivity index (χ0n) is 21.7. The van der Waals surface area contributed by atoms with E-state index in [1.165, 1.54) is 18.7 Å². The number of imide groups is 2. The molecule has 8 heteroatoms. The molecule has 0 aliphatic carbocycles. The van der Waals surface area contributed by atoms with Crippen LogP contribution < -0.4 is 19.5 Å². The number of barbiturate groups is 1. The van der Waals surface area contributed by atoms with E-state index in [1.807, 2.05) is 38.1 Å². The van der Waals surface area contributed by atoms with Gasteiger partial charge in [0.05, 0.1) is 20.3 Å². The van der Waals surface area contributed by atoms with Gasteiger partial charge in [0, 0.05) is 0 Å². The SMILES string of the molecule is CCCOc1ccc(CN2C(=O)NC(=O)/C(=C/c3cccc(OCc4ccc(C)cc4)c3)C2=O)cc1OC. The third-order valence-electron chi connectivity index (χ3n) is 5.91. The number of methoxy groups -OCH3 is 1. The first kappa shape index (κ1) is 26.5. The van der Waals surface area contributed by atoms with Crippen LogP contribution in [0.3, 0.4) is 0 Å². The van der Waals surface area contributed by atoms with Gasteiger partial charge in [0.15, 0.2) is 11.5 Å². The molecule has 196 valence electrons. The smallest absolute Gasteiger partial charge is 0.331 e. The van der Waals surface area contributed by atoms with Gasteiger partial charge in [-0.25, -0.2) is 4.79 Å². The van der Waals surface area contributed by atoms with Crippen molar-refractivity contribution in [1.29, 1.82) is 0 Å². The number of benzene rings is 3. The molecule has 0 radical (unpaired) electrons. The molecule has 1 N–H and O–H groups in total. The molecule has 0 saturated carbocycles. The molecule has 0 bridgehead atoms. The predicted octanol–water partition coefficient (Wildman–Crippen LogP) is 5.03. The number of ether oxygens (including phenoxy) is 3. The third kappa shape index (κ3) is 6.39. The Morgan fingerprint density at radius 2 is 1.66 bits per heavy atom. The highest BCUT2D eigenvalue weighted by atomic mass is 16.5. The highest BCUT2D eigenvalue weighted by molar-refractivity contribution is 6.30. The topological polar surface area (TPSA) is 94.2 Å². The fourth-order valence-electron chi connectivity index (χ4n) is 3.87. The summed E-state index contributed by atoms with van der Waals surface area (Å²) in [5.41, 5.74) is 3.29. The second-order valence-electron chi connectivity index (χ2n) is 8.89. The van der Waals surface area contributed by atoms with Crippen LogP contribution in [-0.4, -0.2) is 36.5 Å². The highest BCUT2D eigenvalue weighted by Crippen LogP contribution is 2.29. The molecule has 0 spiro atoms. The number of aryl methyl sites for hydroxylation is 1. The summed E-state index contributed by atoms with van der Waals surface area (Å²) in [7, 11) is 1.52. The van der Waals surface area contributed by atoms with Gasteiger partial charge in [-0.05, 0) is 60.4 Å². The fourth-order valence-corrected chi connectivity index (χ4v) is 3.87. The molecule has 0 aromatic heterocycles. The average Bonchev–Trinajstić information content (AvgIpc) is 2.92. The Kier molecular flexibility index (Phi) is 8.43.